The molecule has 0 atom stereocenters. The van der Waals surface area contributed by atoms with Crippen LogP contribution in [0.1, 0.15) is 53.0 Å². The predicted octanol–water partition coefficient (Wildman–Crippen LogP) is 2.63. The summed E-state index contributed by atoms with van der Waals surface area (Å²) in [5, 5.41) is 12.8. The summed E-state index contributed by atoms with van der Waals surface area (Å²) in [6.45, 7) is 9.40. The Morgan fingerprint density at radius 1 is 1.07 bits per heavy atom. The number of benzene rings is 1. The van der Waals surface area contributed by atoms with Crippen molar-refractivity contribution in [1.29, 1.82) is 0 Å². The first-order chi connectivity index (χ1) is 12.3. The van der Waals surface area contributed by atoms with E-state index in [0.717, 1.165) is 5.56 Å². The molecule has 2 rings (SSSR count). The molecule has 3 N–H and O–H groups in total. The highest BCUT2D eigenvalue weighted by molar-refractivity contribution is 7.90. The summed E-state index contributed by atoms with van der Waals surface area (Å²) in [5.41, 5.74) is 0.501. The molecule has 0 spiro atoms. The number of likely N-dealkylation sites (tertiary alicyclic amines) is 1. The zero-order valence-corrected chi connectivity index (χ0v) is 17.6. The number of sulfonamides is 1. The van der Waals surface area contributed by atoms with E-state index in [-0.39, 0.29) is 12.1 Å². The van der Waals surface area contributed by atoms with Gasteiger partial charge in [0, 0.05) is 24.8 Å². The number of aliphatic hydroxyl groups is 1. The van der Waals surface area contributed by atoms with Crippen LogP contribution < -0.4 is 10.0 Å². The summed E-state index contributed by atoms with van der Waals surface area (Å²) < 4.78 is 26.4. The van der Waals surface area contributed by atoms with Crippen LogP contribution in [0.4, 0.5) is 10.5 Å². The van der Waals surface area contributed by atoms with Crippen molar-refractivity contribution in [2.75, 3.05) is 18.4 Å². The van der Waals surface area contributed by atoms with Crippen molar-refractivity contribution >= 4 is 21.7 Å². The Morgan fingerprint density at radius 2 is 1.59 bits per heavy atom. The molecule has 8 heteroatoms. The van der Waals surface area contributed by atoms with Gasteiger partial charge in [-0.25, -0.2) is 17.9 Å². The Balaban J connectivity index is 1.88. The first-order valence-corrected chi connectivity index (χ1v) is 10.7. The van der Waals surface area contributed by atoms with Gasteiger partial charge in [-0.1, -0.05) is 12.1 Å². The lowest BCUT2D eigenvalue weighted by Gasteiger charge is -2.33. The van der Waals surface area contributed by atoms with Gasteiger partial charge in [0.15, 0.2) is 0 Å². The van der Waals surface area contributed by atoms with Crippen molar-refractivity contribution in [1.82, 2.24) is 9.62 Å². The quantitative estimate of drug-likeness (QED) is 0.727. The van der Waals surface area contributed by atoms with Crippen molar-refractivity contribution < 1.29 is 18.3 Å². The molecule has 0 unspecified atom stereocenters. The molecular weight excluding hydrogens is 366 g/mol. The Kier molecular flexibility index (Phi) is 6.23. The van der Waals surface area contributed by atoms with Gasteiger partial charge in [-0.15, -0.1) is 0 Å². The summed E-state index contributed by atoms with van der Waals surface area (Å²) in [6, 6.07) is 6.73. The van der Waals surface area contributed by atoms with Crippen LogP contribution in [0.25, 0.3) is 0 Å². The lowest BCUT2D eigenvalue weighted by atomic mass is 9.98. The lowest BCUT2D eigenvalue weighted by Crippen LogP contribution is -2.50. The maximum absolute atomic E-state index is 12.4. The first kappa shape index (κ1) is 21.7. The second-order valence-electron chi connectivity index (χ2n) is 8.56. The number of nitrogens with zero attached hydrogens (tertiary/aromatic N) is 1. The Morgan fingerprint density at radius 3 is 2.04 bits per heavy atom. The number of rotatable bonds is 4. The SMILES string of the molecule is CC(C)(O)c1ccc(NC(=O)N2CCC(NS(=O)(=O)C(C)(C)C)CC2)cc1. The summed E-state index contributed by atoms with van der Waals surface area (Å²) in [4.78, 5) is 14.1. The highest BCUT2D eigenvalue weighted by atomic mass is 32.2. The number of carbonyl (C=O) groups is 1. The fraction of sp³-hybridized carbons (Fsp3) is 0.632. The molecule has 1 aliphatic heterocycles. The third kappa shape index (κ3) is 5.67. The minimum absolute atomic E-state index is 0.149. The van der Waals surface area contributed by atoms with E-state index in [0.29, 0.717) is 31.6 Å². The Hall–Kier alpha value is -1.64. The second-order valence-corrected chi connectivity index (χ2v) is 11.0. The molecule has 27 heavy (non-hydrogen) atoms. The molecule has 1 aromatic rings. The molecular formula is C19H31N3O4S. The van der Waals surface area contributed by atoms with Crippen LogP contribution in [0.15, 0.2) is 24.3 Å². The minimum atomic E-state index is -3.39. The number of piperidine rings is 1. The van der Waals surface area contributed by atoms with E-state index in [9.17, 15) is 18.3 Å². The van der Waals surface area contributed by atoms with Gasteiger partial charge in [-0.2, -0.15) is 0 Å². The average Bonchev–Trinajstić information content (AvgIpc) is 2.53. The van der Waals surface area contributed by atoms with Crippen LogP contribution in [0.3, 0.4) is 0 Å². The van der Waals surface area contributed by atoms with Gasteiger partial charge in [-0.3, -0.25) is 0 Å². The molecule has 0 aromatic heterocycles. The fourth-order valence-electron chi connectivity index (χ4n) is 2.76. The van der Waals surface area contributed by atoms with Gasteiger partial charge in [0.05, 0.1) is 10.3 Å². The van der Waals surface area contributed by atoms with Crippen LogP contribution in [0, 0.1) is 0 Å². The van der Waals surface area contributed by atoms with Gasteiger partial charge in [0.1, 0.15) is 0 Å². The zero-order chi connectivity index (χ0) is 20.5. The lowest BCUT2D eigenvalue weighted by molar-refractivity contribution is 0.0786. The molecule has 1 fully saturated rings. The largest absolute Gasteiger partial charge is 0.386 e. The van der Waals surface area contributed by atoms with Gasteiger partial charge < -0.3 is 15.3 Å². The van der Waals surface area contributed by atoms with Crippen molar-refractivity contribution in [3.8, 4) is 0 Å². The minimum Gasteiger partial charge on any atom is -0.386 e. The first-order valence-electron chi connectivity index (χ1n) is 9.20. The molecule has 2 amide bonds. The van der Waals surface area contributed by atoms with Crippen molar-refractivity contribution in [3.05, 3.63) is 29.8 Å². The monoisotopic (exact) mass is 397 g/mol. The van der Waals surface area contributed by atoms with E-state index >= 15 is 0 Å². The number of nitrogens with one attached hydrogen (secondary N) is 2. The topological polar surface area (TPSA) is 98.7 Å². The number of amides is 2. The van der Waals surface area contributed by atoms with E-state index in [1.807, 2.05) is 0 Å². The van der Waals surface area contributed by atoms with E-state index in [1.54, 1.807) is 63.8 Å². The van der Waals surface area contributed by atoms with Crippen LogP contribution in [-0.2, 0) is 15.6 Å². The van der Waals surface area contributed by atoms with Crippen molar-refractivity contribution in [2.45, 2.75) is 63.9 Å². The molecule has 152 valence electrons. The number of carbonyl (C=O) groups excluding carboxylic acids is 1. The fourth-order valence-corrected chi connectivity index (χ4v) is 3.79. The van der Waals surface area contributed by atoms with Crippen LogP contribution in [0.5, 0.6) is 0 Å². The summed E-state index contributed by atoms with van der Waals surface area (Å²) in [6.07, 6.45) is 1.17. The number of urea groups is 1. The number of hydrogen-bond donors (Lipinski definition) is 3. The highest BCUT2D eigenvalue weighted by Gasteiger charge is 2.33. The summed E-state index contributed by atoms with van der Waals surface area (Å²) in [7, 11) is -3.39. The molecule has 0 bridgehead atoms. The molecule has 0 aliphatic carbocycles. The van der Waals surface area contributed by atoms with E-state index in [2.05, 4.69) is 10.0 Å². The van der Waals surface area contributed by atoms with E-state index in [1.165, 1.54) is 0 Å². The molecule has 0 saturated carbocycles. The van der Waals surface area contributed by atoms with E-state index in [4.69, 9.17) is 0 Å². The van der Waals surface area contributed by atoms with Gasteiger partial charge >= 0.3 is 6.03 Å². The van der Waals surface area contributed by atoms with Gasteiger partial charge in [0.25, 0.3) is 0 Å². The molecule has 1 aromatic carbocycles. The molecule has 1 heterocycles. The van der Waals surface area contributed by atoms with E-state index < -0.39 is 20.4 Å². The summed E-state index contributed by atoms with van der Waals surface area (Å²) in [5.74, 6) is 0. The van der Waals surface area contributed by atoms with Crippen molar-refractivity contribution in [3.63, 3.8) is 0 Å². The normalized spacial score (nSPS) is 17.0. The maximum atomic E-state index is 12.4. The molecule has 7 nitrogen and oxygen atoms in total. The number of hydrogen-bond acceptors (Lipinski definition) is 4. The van der Waals surface area contributed by atoms with Gasteiger partial charge in [0.2, 0.25) is 10.0 Å². The maximum Gasteiger partial charge on any atom is 0.321 e. The molecule has 1 saturated heterocycles. The standard InChI is InChI=1S/C19H31N3O4S/c1-18(2,3)27(25,26)21-16-10-12-22(13-11-16)17(23)20-15-8-6-14(7-9-15)19(4,5)24/h6-9,16,21,24H,10-13H2,1-5H3,(H,20,23). The predicted molar refractivity (Wildman–Crippen MR) is 107 cm³/mol. The highest BCUT2D eigenvalue weighted by Crippen LogP contribution is 2.22. The molecule has 0 radical (unpaired) electrons. The Bertz CT molecular complexity index is 754. The van der Waals surface area contributed by atoms with Gasteiger partial charge in [-0.05, 0) is 65.2 Å². The second kappa shape index (κ2) is 7.77. The third-order valence-electron chi connectivity index (χ3n) is 4.75. The van der Waals surface area contributed by atoms with Crippen LogP contribution >= 0.6 is 0 Å². The third-order valence-corrected chi connectivity index (χ3v) is 7.01. The Labute approximate surface area is 162 Å². The van der Waals surface area contributed by atoms with Crippen molar-refractivity contribution in [2.24, 2.45) is 0 Å². The molecule has 1 aliphatic rings. The smallest absolute Gasteiger partial charge is 0.321 e. The van der Waals surface area contributed by atoms with Crippen LogP contribution in [-0.4, -0.2) is 48.3 Å². The number of anilines is 1. The van der Waals surface area contributed by atoms with Crippen LogP contribution in [0.2, 0.25) is 0 Å². The average molecular weight is 398 g/mol. The summed E-state index contributed by atoms with van der Waals surface area (Å²) >= 11 is 0. The zero-order valence-electron chi connectivity index (χ0n) is 16.7.